The minimum atomic E-state index is -0.439. The Bertz CT molecular complexity index is 1060. The zero-order valence-corrected chi connectivity index (χ0v) is 20.6. The minimum absolute atomic E-state index is 0. The third kappa shape index (κ3) is 6.36. The second-order valence-corrected chi connectivity index (χ2v) is 7.29. The van der Waals surface area contributed by atoms with Crippen LogP contribution in [0.3, 0.4) is 0 Å². The molecule has 3 aromatic rings. The fourth-order valence-corrected chi connectivity index (χ4v) is 3.52. The van der Waals surface area contributed by atoms with Crippen LogP contribution in [0.25, 0.3) is 11.6 Å². The molecule has 11 heteroatoms. The molecule has 8 nitrogen and oxygen atoms in total. The van der Waals surface area contributed by atoms with Crippen molar-refractivity contribution in [2.75, 3.05) is 44.2 Å². The topological polar surface area (TPSA) is 82.7 Å². The van der Waals surface area contributed by atoms with Gasteiger partial charge in [-0.15, -0.1) is 24.0 Å². The lowest BCUT2D eigenvalue weighted by Crippen LogP contribution is -2.52. The highest BCUT2D eigenvalue weighted by atomic mass is 127. The van der Waals surface area contributed by atoms with Crippen molar-refractivity contribution in [2.45, 2.75) is 13.3 Å². The van der Waals surface area contributed by atoms with Crippen molar-refractivity contribution in [3.05, 3.63) is 60.1 Å². The van der Waals surface area contributed by atoms with Gasteiger partial charge in [0.1, 0.15) is 17.3 Å². The molecule has 0 atom stereocenters. The first-order chi connectivity index (χ1) is 15.6. The van der Waals surface area contributed by atoms with E-state index in [-0.39, 0.29) is 24.0 Å². The van der Waals surface area contributed by atoms with Crippen LogP contribution >= 0.6 is 24.0 Å². The molecule has 1 aliphatic rings. The van der Waals surface area contributed by atoms with Crippen molar-refractivity contribution < 1.29 is 13.3 Å². The Balaban J connectivity index is 0.00000306. The molecule has 0 bridgehead atoms. The second-order valence-electron chi connectivity index (χ2n) is 7.29. The number of guanidine groups is 1. The molecule has 0 amide bonds. The molecule has 2 aromatic heterocycles. The number of rotatable bonds is 6. The molecule has 0 radical (unpaired) electrons. The summed E-state index contributed by atoms with van der Waals surface area (Å²) in [5, 5.41) is 7.30. The van der Waals surface area contributed by atoms with Gasteiger partial charge in [-0.1, -0.05) is 11.2 Å². The van der Waals surface area contributed by atoms with Gasteiger partial charge in [0.05, 0.1) is 5.69 Å². The predicted octanol–water partition coefficient (Wildman–Crippen LogP) is 3.36. The van der Waals surface area contributed by atoms with Crippen LogP contribution in [0.5, 0.6) is 0 Å². The van der Waals surface area contributed by atoms with E-state index < -0.39 is 11.6 Å². The van der Waals surface area contributed by atoms with E-state index in [0.717, 1.165) is 18.6 Å². The van der Waals surface area contributed by atoms with Crippen molar-refractivity contribution in [3.63, 3.8) is 0 Å². The summed E-state index contributed by atoms with van der Waals surface area (Å²) in [6, 6.07) is 9.05. The average Bonchev–Trinajstić information content (AvgIpc) is 3.30. The van der Waals surface area contributed by atoms with Crippen molar-refractivity contribution >= 4 is 35.6 Å². The molecule has 1 aliphatic heterocycles. The summed E-state index contributed by atoms with van der Waals surface area (Å²) in [5.74, 6) is 0.881. The number of aromatic nitrogens is 3. The van der Waals surface area contributed by atoms with Crippen LogP contribution in [0.15, 0.2) is 52.1 Å². The number of nitrogens with zero attached hydrogens (tertiary/aromatic N) is 6. The fourth-order valence-electron chi connectivity index (χ4n) is 3.52. The van der Waals surface area contributed by atoms with Gasteiger partial charge in [-0.05, 0) is 31.2 Å². The van der Waals surface area contributed by atoms with Crippen molar-refractivity contribution in [1.82, 2.24) is 25.3 Å². The summed E-state index contributed by atoms with van der Waals surface area (Å²) < 4.78 is 32.9. The van der Waals surface area contributed by atoms with Gasteiger partial charge in [0.15, 0.2) is 11.8 Å². The molecule has 176 valence electrons. The first-order valence-corrected chi connectivity index (χ1v) is 10.6. The zero-order valence-electron chi connectivity index (χ0n) is 18.2. The first-order valence-electron chi connectivity index (χ1n) is 10.6. The van der Waals surface area contributed by atoms with Crippen LogP contribution < -0.4 is 10.2 Å². The van der Waals surface area contributed by atoms with Gasteiger partial charge in [-0.2, -0.15) is 4.98 Å². The van der Waals surface area contributed by atoms with Crippen molar-refractivity contribution in [3.8, 4) is 11.6 Å². The number of halogens is 3. The summed E-state index contributed by atoms with van der Waals surface area (Å²) in [6.45, 7) is 5.66. The van der Waals surface area contributed by atoms with Crippen LogP contribution in [-0.4, -0.2) is 65.3 Å². The van der Waals surface area contributed by atoms with E-state index in [1.165, 1.54) is 12.1 Å². The number of aliphatic imine (C=N–C) groups is 1. The largest absolute Gasteiger partial charge is 0.366 e. The van der Waals surface area contributed by atoms with Crippen LogP contribution in [-0.2, 0) is 6.42 Å². The Morgan fingerprint density at radius 3 is 2.70 bits per heavy atom. The zero-order chi connectivity index (χ0) is 22.3. The quantitative estimate of drug-likeness (QED) is 0.277. The summed E-state index contributed by atoms with van der Waals surface area (Å²) in [4.78, 5) is 17.2. The minimum Gasteiger partial charge on any atom is -0.366 e. The molecular formula is C22H26F2IN7O. The van der Waals surface area contributed by atoms with Gasteiger partial charge in [0.25, 0.3) is 5.89 Å². The maximum absolute atomic E-state index is 14.1. The molecule has 4 rings (SSSR count). The van der Waals surface area contributed by atoms with Gasteiger partial charge in [0.2, 0.25) is 0 Å². The van der Waals surface area contributed by atoms with Crippen LogP contribution in [0, 0.1) is 11.6 Å². The summed E-state index contributed by atoms with van der Waals surface area (Å²) in [7, 11) is 0. The van der Waals surface area contributed by atoms with E-state index in [0.29, 0.717) is 62.2 Å². The highest BCUT2D eigenvalue weighted by Gasteiger charge is 2.22. The fraction of sp³-hybridized carbons (Fsp3) is 0.364. The molecule has 33 heavy (non-hydrogen) atoms. The molecule has 1 fully saturated rings. The van der Waals surface area contributed by atoms with Gasteiger partial charge < -0.3 is 19.6 Å². The third-order valence-corrected chi connectivity index (χ3v) is 5.11. The SMILES string of the molecule is CCNC(=NCCc1noc(-c2ccccn2)n1)N1CCN(c2cc(F)ccc2F)CC1.I. The number of anilines is 1. The summed E-state index contributed by atoms with van der Waals surface area (Å²) in [6.07, 6.45) is 2.20. The van der Waals surface area contributed by atoms with Crippen molar-refractivity contribution in [1.29, 1.82) is 0 Å². The Labute approximate surface area is 208 Å². The van der Waals surface area contributed by atoms with E-state index in [2.05, 4.69) is 30.3 Å². The summed E-state index contributed by atoms with van der Waals surface area (Å²) >= 11 is 0. The number of pyridine rings is 1. The van der Waals surface area contributed by atoms with E-state index in [1.54, 1.807) is 6.20 Å². The van der Waals surface area contributed by atoms with E-state index in [9.17, 15) is 8.78 Å². The number of nitrogens with one attached hydrogen (secondary N) is 1. The number of piperazine rings is 1. The van der Waals surface area contributed by atoms with Gasteiger partial charge in [-0.3, -0.25) is 9.98 Å². The first kappa shape index (κ1) is 24.8. The Kier molecular flexibility index (Phi) is 8.92. The normalized spacial score (nSPS) is 14.2. The molecule has 0 spiro atoms. The smallest absolute Gasteiger partial charge is 0.276 e. The van der Waals surface area contributed by atoms with Crippen LogP contribution in [0.4, 0.5) is 14.5 Å². The molecule has 0 aliphatic carbocycles. The average molecular weight is 569 g/mol. The van der Waals surface area contributed by atoms with Gasteiger partial charge in [-0.25, -0.2) is 8.78 Å². The lowest BCUT2D eigenvalue weighted by molar-refractivity contribution is 0.370. The predicted molar refractivity (Wildman–Crippen MR) is 133 cm³/mol. The Hall–Kier alpha value is -2.83. The molecule has 1 N–H and O–H groups in total. The molecule has 3 heterocycles. The number of hydrogen-bond donors (Lipinski definition) is 1. The Morgan fingerprint density at radius 2 is 1.97 bits per heavy atom. The maximum Gasteiger partial charge on any atom is 0.276 e. The lowest BCUT2D eigenvalue weighted by atomic mass is 10.2. The van der Waals surface area contributed by atoms with E-state index in [4.69, 9.17) is 4.52 Å². The third-order valence-electron chi connectivity index (χ3n) is 5.11. The molecule has 1 aromatic carbocycles. The monoisotopic (exact) mass is 569 g/mol. The van der Waals surface area contributed by atoms with Gasteiger partial charge in [0, 0.05) is 58.0 Å². The number of benzene rings is 1. The summed E-state index contributed by atoms with van der Waals surface area (Å²) in [5.41, 5.74) is 0.933. The second kappa shape index (κ2) is 11.9. The molecular weight excluding hydrogens is 543 g/mol. The number of hydrogen-bond acceptors (Lipinski definition) is 6. The molecule has 0 unspecified atom stereocenters. The van der Waals surface area contributed by atoms with E-state index in [1.807, 2.05) is 30.0 Å². The highest BCUT2D eigenvalue weighted by molar-refractivity contribution is 14.0. The molecule has 1 saturated heterocycles. The van der Waals surface area contributed by atoms with Crippen LogP contribution in [0.1, 0.15) is 12.7 Å². The van der Waals surface area contributed by atoms with E-state index >= 15 is 0 Å². The van der Waals surface area contributed by atoms with Crippen LogP contribution in [0.2, 0.25) is 0 Å². The lowest BCUT2D eigenvalue weighted by Gasteiger charge is -2.37. The van der Waals surface area contributed by atoms with Gasteiger partial charge >= 0.3 is 0 Å². The van der Waals surface area contributed by atoms with Crippen molar-refractivity contribution in [2.24, 2.45) is 4.99 Å². The molecule has 0 saturated carbocycles. The standard InChI is InChI=1S/C22H25F2N7O.HI/c1-2-25-22(27-10-8-20-28-21(32-29-20)18-5-3-4-9-26-18)31-13-11-30(12-14-31)19-15-16(23)6-7-17(19)24;/h3-7,9,15H,2,8,10-14H2,1H3,(H,25,27);1H. The Morgan fingerprint density at radius 1 is 1.15 bits per heavy atom. The highest BCUT2D eigenvalue weighted by Crippen LogP contribution is 2.22. The maximum atomic E-state index is 14.1.